The lowest BCUT2D eigenvalue weighted by atomic mass is 10.2. The van der Waals surface area contributed by atoms with Crippen LogP contribution in [0.5, 0.6) is 5.75 Å². The van der Waals surface area contributed by atoms with Gasteiger partial charge >= 0.3 is 5.97 Å². The molecule has 1 rings (SSSR count). The topological polar surface area (TPSA) is 46.5 Å². The summed E-state index contributed by atoms with van der Waals surface area (Å²) in [6.45, 7) is 3.56. The number of rotatable bonds is 3. The van der Waals surface area contributed by atoms with E-state index in [9.17, 15) is 4.79 Å². The van der Waals surface area contributed by atoms with E-state index < -0.39 is 5.97 Å². The smallest absolute Gasteiger partial charge is 0.331 e. The number of benzene rings is 1. The highest BCUT2D eigenvalue weighted by Crippen LogP contribution is 2.15. The fourth-order valence-electron chi connectivity index (χ4n) is 1.07. The van der Waals surface area contributed by atoms with Crippen molar-refractivity contribution in [1.82, 2.24) is 0 Å². The standard InChI is InChI=1S/C11H12O3/c1-8-4-3-5-10(6-8)14-9(2)7-11(12)13/h3-7H,1-2H3,(H,12,13)/b9-7+. The van der Waals surface area contributed by atoms with Crippen LogP contribution < -0.4 is 4.74 Å². The minimum Gasteiger partial charge on any atom is -0.478 e. The quantitative estimate of drug-likeness (QED) is 0.590. The zero-order valence-electron chi connectivity index (χ0n) is 8.15. The molecule has 1 aromatic rings. The fourth-order valence-corrected chi connectivity index (χ4v) is 1.07. The van der Waals surface area contributed by atoms with Gasteiger partial charge in [0.1, 0.15) is 11.5 Å². The van der Waals surface area contributed by atoms with Crippen LogP contribution in [0.25, 0.3) is 0 Å². The molecule has 3 nitrogen and oxygen atoms in total. The van der Waals surface area contributed by atoms with E-state index in [1.54, 1.807) is 13.0 Å². The van der Waals surface area contributed by atoms with E-state index in [1.165, 1.54) is 0 Å². The first-order valence-corrected chi connectivity index (χ1v) is 4.23. The number of aliphatic carboxylic acids is 1. The highest BCUT2D eigenvalue weighted by atomic mass is 16.5. The lowest BCUT2D eigenvalue weighted by molar-refractivity contribution is -0.131. The predicted octanol–water partition coefficient (Wildman–Crippen LogP) is 2.36. The molecule has 0 aliphatic heterocycles. The van der Waals surface area contributed by atoms with Gasteiger partial charge in [-0.3, -0.25) is 0 Å². The van der Waals surface area contributed by atoms with E-state index in [4.69, 9.17) is 9.84 Å². The zero-order chi connectivity index (χ0) is 10.6. The van der Waals surface area contributed by atoms with Crippen LogP contribution in [0, 0.1) is 6.92 Å². The maximum atomic E-state index is 10.3. The lowest BCUT2D eigenvalue weighted by Gasteiger charge is -2.05. The summed E-state index contributed by atoms with van der Waals surface area (Å²) < 4.78 is 5.29. The molecule has 0 amide bonds. The predicted molar refractivity (Wildman–Crippen MR) is 53.2 cm³/mol. The third-order valence-electron chi connectivity index (χ3n) is 1.60. The molecule has 1 aromatic carbocycles. The SMILES string of the molecule is C/C(=C\C(=O)O)Oc1cccc(C)c1. The fraction of sp³-hybridized carbons (Fsp3) is 0.182. The van der Waals surface area contributed by atoms with Gasteiger partial charge in [0.15, 0.2) is 0 Å². The van der Waals surface area contributed by atoms with Crippen molar-refractivity contribution in [3.8, 4) is 5.75 Å². The van der Waals surface area contributed by atoms with Gasteiger partial charge in [-0.15, -0.1) is 0 Å². The molecule has 14 heavy (non-hydrogen) atoms. The Hall–Kier alpha value is -1.77. The number of aryl methyl sites for hydroxylation is 1. The van der Waals surface area contributed by atoms with Crippen LogP contribution in [-0.4, -0.2) is 11.1 Å². The van der Waals surface area contributed by atoms with Gasteiger partial charge in [0, 0.05) is 0 Å². The molecule has 0 heterocycles. The highest BCUT2D eigenvalue weighted by molar-refractivity contribution is 5.80. The number of carbonyl (C=O) groups is 1. The molecule has 0 bridgehead atoms. The molecule has 74 valence electrons. The van der Waals surface area contributed by atoms with Crippen LogP contribution in [0.1, 0.15) is 12.5 Å². The van der Waals surface area contributed by atoms with Crippen molar-refractivity contribution in [3.63, 3.8) is 0 Å². The van der Waals surface area contributed by atoms with Crippen molar-refractivity contribution in [2.45, 2.75) is 13.8 Å². The first kappa shape index (κ1) is 10.3. The molecular formula is C11H12O3. The van der Waals surface area contributed by atoms with E-state index in [2.05, 4.69) is 0 Å². The Balaban J connectivity index is 2.74. The second-order valence-corrected chi connectivity index (χ2v) is 3.01. The van der Waals surface area contributed by atoms with Gasteiger partial charge in [-0.25, -0.2) is 4.79 Å². The molecule has 3 heteroatoms. The summed E-state index contributed by atoms with van der Waals surface area (Å²) in [5.41, 5.74) is 1.07. The number of hydrogen-bond donors (Lipinski definition) is 1. The maximum Gasteiger partial charge on any atom is 0.331 e. The molecule has 0 atom stereocenters. The molecule has 0 aliphatic rings. The van der Waals surface area contributed by atoms with E-state index in [0.717, 1.165) is 11.6 Å². The molecule has 0 aromatic heterocycles. The van der Waals surface area contributed by atoms with E-state index in [-0.39, 0.29) is 0 Å². The van der Waals surface area contributed by atoms with Gasteiger partial charge in [0.05, 0.1) is 6.08 Å². The molecule has 0 aliphatic carbocycles. The number of hydrogen-bond acceptors (Lipinski definition) is 2. The van der Waals surface area contributed by atoms with Crippen LogP contribution in [0.2, 0.25) is 0 Å². The molecule has 1 N–H and O–H groups in total. The number of carboxylic acid groups (broad SMARTS) is 1. The molecule has 0 fully saturated rings. The minimum absolute atomic E-state index is 0.364. The Bertz CT molecular complexity index is 367. The maximum absolute atomic E-state index is 10.3. The van der Waals surface area contributed by atoms with Crippen LogP contribution in [-0.2, 0) is 4.79 Å². The third kappa shape index (κ3) is 3.31. The molecule has 0 unspecified atom stereocenters. The third-order valence-corrected chi connectivity index (χ3v) is 1.60. The minimum atomic E-state index is -1.00. The van der Waals surface area contributed by atoms with Crippen LogP contribution in [0.4, 0.5) is 0 Å². The lowest BCUT2D eigenvalue weighted by Crippen LogP contribution is -1.96. The summed E-state index contributed by atoms with van der Waals surface area (Å²) >= 11 is 0. The molecule has 0 saturated carbocycles. The zero-order valence-corrected chi connectivity index (χ0v) is 8.15. The highest BCUT2D eigenvalue weighted by Gasteiger charge is 1.97. The van der Waals surface area contributed by atoms with Crippen molar-refractivity contribution >= 4 is 5.97 Å². The average Bonchev–Trinajstić information content (AvgIpc) is 2.01. The Morgan fingerprint density at radius 3 is 2.79 bits per heavy atom. The molecule has 0 spiro atoms. The normalized spacial score (nSPS) is 11.1. The van der Waals surface area contributed by atoms with Gasteiger partial charge < -0.3 is 9.84 Å². The summed E-state index contributed by atoms with van der Waals surface area (Å²) in [7, 11) is 0. The van der Waals surface area contributed by atoms with Gasteiger partial charge in [-0.2, -0.15) is 0 Å². The Morgan fingerprint density at radius 2 is 2.21 bits per heavy atom. The van der Waals surface area contributed by atoms with Crippen LogP contribution >= 0.6 is 0 Å². The van der Waals surface area contributed by atoms with Crippen LogP contribution in [0.3, 0.4) is 0 Å². The largest absolute Gasteiger partial charge is 0.478 e. The summed E-state index contributed by atoms with van der Waals surface area (Å²) in [6, 6.07) is 7.44. The van der Waals surface area contributed by atoms with Gasteiger partial charge in [0.2, 0.25) is 0 Å². The Morgan fingerprint density at radius 1 is 1.50 bits per heavy atom. The summed E-state index contributed by atoms with van der Waals surface area (Å²) in [4.78, 5) is 10.3. The van der Waals surface area contributed by atoms with E-state index in [1.807, 2.05) is 25.1 Å². The summed E-state index contributed by atoms with van der Waals surface area (Å²) in [5, 5.41) is 8.46. The molecule has 0 radical (unpaired) electrons. The second kappa shape index (κ2) is 4.46. The van der Waals surface area contributed by atoms with Crippen molar-refractivity contribution in [1.29, 1.82) is 0 Å². The summed E-state index contributed by atoms with van der Waals surface area (Å²) in [5.74, 6) is 0.0123. The van der Waals surface area contributed by atoms with Crippen molar-refractivity contribution in [2.75, 3.05) is 0 Å². The van der Waals surface area contributed by atoms with Crippen molar-refractivity contribution in [2.24, 2.45) is 0 Å². The Kier molecular flexibility index (Phi) is 3.29. The number of ether oxygens (including phenoxy) is 1. The van der Waals surface area contributed by atoms with E-state index in [0.29, 0.717) is 11.5 Å². The number of allylic oxidation sites excluding steroid dienone is 1. The first-order chi connectivity index (χ1) is 6.58. The monoisotopic (exact) mass is 192 g/mol. The van der Waals surface area contributed by atoms with Crippen molar-refractivity contribution < 1.29 is 14.6 Å². The van der Waals surface area contributed by atoms with Gasteiger partial charge in [-0.05, 0) is 31.5 Å². The summed E-state index contributed by atoms with van der Waals surface area (Å²) in [6.07, 6.45) is 1.03. The number of carboxylic acids is 1. The Labute approximate surface area is 82.6 Å². The van der Waals surface area contributed by atoms with Gasteiger partial charge in [-0.1, -0.05) is 12.1 Å². The van der Waals surface area contributed by atoms with Crippen LogP contribution in [0.15, 0.2) is 36.1 Å². The van der Waals surface area contributed by atoms with Crippen molar-refractivity contribution in [3.05, 3.63) is 41.7 Å². The van der Waals surface area contributed by atoms with Gasteiger partial charge in [0.25, 0.3) is 0 Å². The molecular weight excluding hydrogens is 180 g/mol. The molecule has 0 saturated heterocycles. The first-order valence-electron chi connectivity index (χ1n) is 4.23. The van der Waals surface area contributed by atoms with E-state index >= 15 is 0 Å². The average molecular weight is 192 g/mol. The second-order valence-electron chi connectivity index (χ2n) is 3.01.